The van der Waals surface area contributed by atoms with Gasteiger partial charge in [0.1, 0.15) is 5.82 Å². The molecular formula is C20H23N5O. The van der Waals surface area contributed by atoms with E-state index in [1.165, 1.54) is 0 Å². The summed E-state index contributed by atoms with van der Waals surface area (Å²) < 4.78 is 2.15. The van der Waals surface area contributed by atoms with Crippen LogP contribution in [0.3, 0.4) is 0 Å². The maximum atomic E-state index is 12.6. The summed E-state index contributed by atoms with van der Waals surface area (Å²) in [6, 6.07) is 11.9. The number of piperidine rings is 1. The molecule has 0 saturated carbocycles. The van der Waals surface area contributed by atoms with Crippen LogP contribution in [-0.4, -0.2) is 38.4 Å². The second-order valence-electron chi connectivity index (χ2n) is 6.88. The first-order chi connectivity index (χ1) is 12.7. The van der Waals surface area contributed by atoms with Crippen LogP contribution in [0.1, 0.15) is 18.7 Å². The Morgan fingerprint density at radius 2 is 2.15 bits per heavy atom. The standard InChI is InChI=1S/C20H23N5O/c1-24-18-9-3-2-8-17(18)23-19(24)14-25-11-5-6-15(13-25)20(26)22-16-7-4-10-21-12-16/h2-4,7-10,12,15H,5-6,11,13-14H2,1H3,(H,22,26)/t15-/m1/s1. The van der Waals surface area contributed by atoms with Crippen LogP contribution in [0.15, 0.2) is 48.8 Å². The summed E-state index contributed by atoms with van der Waals surface area (Å²) in [5.74, 6) is 1.12. The number of nitrogens with one attached hydrogen (secondary N) is 1. The van der Waals surface area contributed by atoms with E-state index in [1.807, 2.05) is 30.3 Å². The number of fused-ring (bicyclic) bond motifs is 1. The Bertz CT molecular complexity index is 905. The fourth-order valence-corrected chi connectivity index (χ4v) is 3.63. The molecule has 3 aromatic rings. The first kappa shape index (κ1) is 16.7. The van der Waals surface area contributed by atoms with Gasteiger partial charge in [-0.3, -0.25) is 14.7 Å². The molecule has 0 radical (unpaired) electrons. The molecule has 26 heavy (non-hydrogen) atoms. The summed E-state index contributed by atoms with van der Waals surface area (Å²) in [5.41, 5.74) is 2.92. The SMILES string of the molecule is Cn1c(CN2CCC[C@@H](C(=O)Nc3cccnc3)C2)nc2ccccc21. The van der Waals surface area contributed by atoms with Crippen molar-refractivity contribution in [3.8, 4) is 0 Å². The van der Waals surface area contributed by atoms with E-state index >= 15 is 0 Å². The third kappa shape index (κ3) is 3.46. The monoisotopic (exact) mass is 349 g/mol. The fraction of sp³-hybridized carbons (Fsp3) is 0.350. The number of hydrogen-bond acceptors (Lipinski definition) is 4. The van der Waals surface area contributed by atoms with E-state index in [1.54, 1.807) is 12.4 Å². The van der Waals surface area contributed by atoms with Crippen molar-refractivity contribution in [2.45, 2.75) is 19.4 Å². The largest absolute Gasteiger partial charge is 0.330 e. The number of anilines is 1. The molecule has 6 heteroatoms. The molecule has 1 aliphatic rings. The normalized spacial score (nSPS) is 18.1. The molecule has 2 aromatic heterocycles. The summed E-state index contributed by atoms with van der Waals surface area (Å²) in [6.07, 6.45) is 5.33. The highest BCUT2D eigenvalue weighted by Gasteiger charge is 2.26. The number of imidazole rings is 1. The van der Waals surface area contributed by atoms with Gasteiger partial charge in [0.25, 0.3) is 0 Å². The highest BCUT2D eigenvalue weighted by atomic mass is 16.1. The molecule has 0 unspecified atom stereocenters. The van der Waals surface area contributed by atoms with Crippen LogP contribution in [0, 0.1) is 5.92 Å². The zero-order valence-electron chi connectivity index (χ0n) is 14.9. The van der Waals surface area contributed by atoms with E-state index in [9.17, 15) is 4.79 Å². The Kier molecular flexibility index (Phi) is 4.67. The van der Waals surface area contributed by atoms with Crippen LogP contribution in [0.5, 0.6) is 0 Å². The van der Waals surface area contributed by atoms with Crippen molar-refractivity contribution in [1.82, 2.24) is 19.4 Å². The number of rotatable bonds is 4. The third-order valence-corrected chi connectivity index (χ3v) is 5.05. The molecule has 4 rings (SSSR count). The minimum Gasteiger partial charge on any atom is -0.330 e. The first-order valence-corrected chi connectivity index (χ1v) is 9.04. The predicted molar refractivity (Wildman–Crippen MR) is 102 cm³/mol. The maximum absolute atomic E-state index is 12.6. The third-order valence-electron chi connectivity index (χ3n) is 5.05. The maximum Gasteiger partial charge on any atom is 0.228 e. The van der Waals surface area contributed by atoms with E-state index in [0.717, 1.165) is 55.0 Å². The number of carbonyl (C=O) groups is 1. The lowest BCUT2D eigenvalue weighted by molar-refractivity contribution is -0.121. The Hall–Kier alpha value is -2.73. The smallest absolute Gasteiger partial charge is 0.228 e. The van der Waals surface area contributed by atoms with Crippen LogP contribution < -0.4 is 5.32 Å². The Labute approximate surface area is 152 Å². The van der Waals surface area contributed by atoms with Crippen LogP contribution in [0.4, 0.5) is 5.69 Å². The molecule has 1 fully saturated rings. The number of para-hydroxylation sites is 2. The van der Waals surface area contributed by atoms with Crippen molar-refractivity contribution < 1.29 is 4.79 Å². The number of likely N-dealkylation sites (tertiary alicyclic amines) is 1. The van der Waals surface area contributed by atoms with Gasteiger partial charge < -0.3 is 9.88 Å². The number of aryl methyl sites for hydroxylation is 1. The molecule has 134 valence electrons. The average Bonchev–Trinajstić information content (AvgIpc) is 2.99. The highest BCUT2D eigenvalue weighted by Crippen LogP contribution is 2.21. The van der Waals surface area contributed by atoms with E-state index in [0.29, 0.717) is 0 Å². The number of amides is 1. The molecule has 1 amide bonds. The zero-order valence-corrected chi connectivity index (χ0v) is 14.9. The van der Waals surface area contributed by atoms with E-state index in [2.05, 4.69) is 32.9 Å². The van der Waals surface area contributed by atoms with Crippen LogP contribution >= 0.6 is 0 Å². The Balaban J connectivity index is 1.43. The van der Waals surface area contributed by atoms with E-state index in [4.69, 9.17) is 4.98 Å². The minimum absolute atomic E-state index is 0.00126. The zero-order chi connectivity index (χ0) is 17.9. The summed E-state index contributed by atoms with van der Waals surface area (Å²) in [7, 11) is 2.06. The van der Waals surface area contributed by atoms with Gasteiger partial charge in [0.15, 0.2) is 0 Å². The highest BCUT2D eigenvalue weighted by molar-refractivity contribution is 5.92. The van der Waals surface area contributed by atoms with Gasteiger partial charge in [-0.1, -0.05) is 12.1 Å². The number of nitrogens with zero attached hydrogens (tertiary/aromatic N) is 4. The van der Waals surface area contributed by atoms with Crippen molar-refractivity contribution >= 4 is 22.6 Å². The molecule has 1 saturated heterocycles. The van der Waals surface area contributed by atoms with Crippen molar-refractivity contribution in [3.63, 3.8) is 0 Å². The van der Waals surface area contributed by atoms with Gasteiger partial charge in [-0.2, -0.15) is 0 Å². The number of benzene rings is 1. The number of pyridine rings is 1. The molecule has 1 atom stereocenters. The molecule has 1 N–H and O–H groups in total. The predicted octanol–water partition coefficient (Wildman–Crippen LogP) is 2.82. The van der Waals surface area contributed by atoms with Gasteiger partial charge in [-0.15, -0.1) is 0 Å². The summed E-state index contributed by atoms with van der Waals surface area (Å²) >= 11 is 0. The molecule has 6 nitrogen and oxygen atoms in total. The van der Waals surface area contributed by atoms with Gasteiger partial charge in [0.2, 0.25) is 5.91 Å². The molecule has 3 heterocycles. The minimum atomic E-state index is -0.00126. The molecular weight excluding hydrogens is 326 g/mol. The molecule has 0 spiro atoms. The van der Waals surface area contributed by atoms with Gasteiger partial charge in [-0.25, -0.2) is 4.98 Å². The van der Waals surface area contributed by atoms with Gasteiger partial charge in [0, 0.05) is 19.8 Å². The number of aromatic nitrogens is 3. The number of carbonyl (C=O) groups excluding carboxylic acids is 1. The lowest BCUT2D eigenvalue weighted by Crippen LogP contribution is -2.40. The summed E-state index contributed by atoms with van der Waals surface area (Å²) in [5, 5.41) is 2.98. The van der Waals surface area contributed by atoms with Crippen molar-refractivity contribution in [2.24, 2.45) is 13.0 Å². The fourth-order valence-electron chi connectivity index (χ4n) is 3.63. The Morgan fingerprint density at radius 1 is 1.27 bits per heavy atom. The summed E-state index contributed by atoms with van der Waals surface area (Å²) in [6.45, 7) is 2.52. The first-order valence-electron chi connectivity index (χ1n) is 9.04. The number of hydrogen-bond donors (Lipinski definition) is 1. The second kappa shape index (κ2) is 7.25. The molecule has 0 bridgehead atoms. The van der Waals surface area contributed by atoms with E-state index < -0.39 is 0 Å². The van der Waals surface area contributed by atoms with E-state index in [-0.39, 0.29) is 11.8 Å². The summed E-state index contributed by atoms with van der Waals surface area (Å²) in [4.78, 5) is 23.7. The van der Waals surface area contributed by atoms with Crippen LogP contribution in [-0.2, 0) is 18.4 Å². The Morgan fingerprint density at radius 3 is 2.96 bits per heavy atom. The average molecular weight is 349 g/mol. The molecule has 1 aliphatic heterocycles. The van der Waals surface area contributed by atoms with Crippen molar-refractivity contribution in [3.05, 3.63) is 54.6 Å². The van der Waals surface area contributed by atoms with Crippen molar-refractivity contribution in [2.75, 3.05) is 18.4 Å². The van der Waals surface area contributed by atoms with Gasteiger partial charge >= 0.3 is 0 Å². The van der Waals surface area contributed by atoms with Crippen LogP contribution in [0.25, 0.3) is 11.0 Å². The topological polar surface area (TPSA) is 63.1 Å². The van der Waals surface area contributed by atoms with Crippen molar-refractivity contribution in [1.29, 1.82) is 0 Å². The molecule has 1 aromatic carbocycles. The van der Waals surface area contributed by atoms with Crippen LogP contribution in [0.2, 0.25) is 0 Å². The lowest BCUT2D eigenvalue weighted by atomic mass is 9.97. The quantitative estimate of drug-likeness (QED) is 0.787. The molecule has 0 aliphatic carbocycles. The second-order valence-corrected chi connectivity index (χ2v) is 6.88. The van der Waals surface area contributed by atoms with Gasteiger partial charge in [-0.05, 0) is 43.7 Å². The van der Waals surface area contributed by atoms with Gasteiger partial charge in [0.05, 0.1) is 35.4 Å². The lowest BCUT2D eigenvalue weighted by Gasteiger charge is -2.31.